The van der Waals surface area contributed by atoms with Crippen LogP contribution in [0.15, 0.2) is 24.3 Å². The summed E-state index contributed by atoms with van der Waals surface area (Å²) in [7, 11) is 0. The molecule has 0 aliphatic heterocycles. The van der Waals surface area contributed by atoms with E-state index in [9.17, 15) is 17.6 Å². The van der Waals surface area contributed by atoms with Crippen LogP contribution in [0.4, 0.5) is 17.6 Å². The van der Waals surface area contributed by atoms with E-state index < -0.39 is 30.1 Å². The van der Waals surface area contributed by atoms with Crippen molar-refractivity contribution in [3.8, 4) is 0 Å². The quantitative estimate of drug-likeness (QED) is 0.640. The molecular formula is C11H13F4NO. The minimum Gasteiger partial charge on any atom is -0.368 e. The van der Waals surface area contributed by atoms with Gasteiger partial charge in [0.15, 0.2) is 0 Å². The fraction of sp³-hybridized carbons (Fsp3) is 0.455. The predicted molar refractivity (Wildman–Crippen MR) is 54.6 cm³/mol. The lowest BCUT2D eigenvalue weighted by atomic mass is 9.91. The van der Waals surface area contributed by atoms with Crippen LogP contribution in [0, 0.1) is 5.82 Å². The Morgan fingerprint density at radius 1 is 1.29 bits per heavy atom. The van der Waals surface area contributed by atoms with Gasteiger partial charge in [0.25, 0.3) is 0 Å². The SMILES string of the molecule is CC(CC(N)(O)C(F)(F)F)c1ccccc1F. The molecular weight excluding hydrogens is 238 g/mol. The first-order chi connectivity index (χ1) is 7.65. The van der Waals surface area contributed by atoms with Crippen molar-refractivity contribution in [2.75, 3.05) is 0 Å². The first-order valence-electron chi connectivity index (χ1n) is 4.97. The van der Waals surface area contributed by atoms with Gasteiger partial charge in [0.2, 0.25) is 5.72 Å². The van der Waals surface area contributed by atoms with Crippen LogP contribution in [0.2, 0.25) is 0 Å². The maximum Gasteiger partial charge on any atom is 0.430 e. The van der Waals surface area contributed by atoms with Crippen LogP contribution in [0.3, 0.4) is 0 Å². The summed E-state index contributed by atoms with van der Waals surface area (Å²) in [6, 6.07) is 5.46. The predicted octanol–water partition coefficient (Wildman–Crippen LogP) is 2.53. The Balaban J connectivity index is 2.87. The van der Waals surface area contributed by atoms with Crippen molar-refractivity contribution < 1.29 is 22.7 Å². The van der Waals surface area contributed by atoms with Crippen LogP contribution >= 0.6 is 0 Å². The Morgan fingerprint density at radius 3 is 2.29 bits per heavy atom. The normalized spacial score (nSPS) is 17.6. The highest BCUT2D eigenvalue weighted by atomic mass is 19.4. The Labute approximate surface area is 96.1 Å². The molecule has 1 aromatic rings. The number of alkyl halides is 3. The first-order valence-corrected chi connectivity index (χ1v) is 4.97. The van der Waals surface area contributed by atoms with Gasteiger partial charge in [-0.15, -0.1) is 0 Å². The third kappa shape index (κ3) is 3.17. The summed E-state index contributed by atoms with van der Waals surface area (Å²) in [6.07, 6.45) is -5.73. The molecule has 0 aliphatic rings. The summed E-state index contributed by atoms with van der Waals surface area (Å²) >= 11 is 0. The minimum atomic E-state index is -4.94. The number of hydrogen-bond acceptors (Lipinski definition) is 2. The zero-order valence-corrected chi connectivity index (χ0v) is 9.13. The summed E-state index contributed by atoms with van der Waals surface area (Å²) in [5.41, 5.74) is 1.58. The van der Waals surface area contributed by atoms with Gasteiger partial charge < -0.3 is 5.11 Å². The van der Waals surface area contributed by atoms with Crippen molar-refractivity contribution in [3.05, 3.63) is 35.6 Å². The van der Waals surface area contributed by atoms with Crippen molar-refractivity contribution in [3.63, 3.8) is 0 Å². The molecule has 0 heterocycles. The zero-order chi connectivity index (χ0) is 13.3. The molecule has 96 valence electrons. The second kappa shape index (κ2) is 4.62. The lowest BCUT2D eigenvalue weighted by Gasteiger charge is -2.28. The van der Waals surface area contributed by atoms with Gasteiger partial charge >= 0.3 is 6.18 Å². The molecule has 0 fully saturated rings. The molecule has 1 rings (SSSR count). The van der Waals surface area contributed by atoms with Gasteiger partial charge in [-0.25, -0.2) is 4.39 Å². The molecule has 0 saturated heterocycles. The summed E-state index contributed by atoms with van der Waals surface area (Å²) in [5, 5.41) is 9.10. The average molecular weight is 251 g/mol. The molecule has 2 atom stereocenters. The Bertz CT molecular complexity index is 389. The summed E-state index contributed by atoms with van der Waals surface area (Å²) in [5.74, 6) is -1.45. The molecule has 0 amide bonds. The van der Waals surface area contributed by atoms with E-state index in [1.54, 1.807) is 0 Å². The van der Waals surface area contributed by atoms with E-state index in [4.69, 9.17) is 10.8 Å². The van der Waals surface area contributed by atoms with Crippen LogP contribution in [0.5, 0.6) is 0 Å². The van der Waals surface area contributed by atoms with Gasteiger partial charge in [0.05, 0.1) is 0 Å². The Kier molecular flexibility index (Phi) is 3.78. The van der Waals surface area contributed by atoms with Crippen molar-refractivity contribution in [1.29, 1.82) is 0 Å². The monoisotopic (exact) mass is 251 g/mol. The molecule has 0 saturated carbocycles. The highest BCUT2D eigenvalue weighted by Crippen LogP contribution is 2.34. The molecule has 1 aromatic carbocycles. The van der Waals surface area contributed by atoms with Crippen molar-refractivity contribution in [1.82, 2.24) is 0 Å². The molecule has 2 nitrogen and oxygen atoms in total. The standard InChI is InChI=1S/C11H13F4NO/c1-7(6-10(16,17)11(13,14)15)8-4-2-3-5-9(8)12/h2-5,7,17H,6,16H2,1H3. The topological polar surface area (TPSA) is 46.2 Å². The fourth-order valence-corrected chi connectivity index (χ4v) is 1.57. The lowest BCUT2D eigenvalue weighted by Crippen LogP contribution is -2.54. The van der Waals surface area contributed by atoms with Crippen LogP contribution in [0.1, 0.15) is 24.8 Å². The maximum atomic E-state index is 13.3. The maximum absolute atomic E-state index is 13.3. The van der Waals surface area contributed by atoms with Crippen LogP contribution < -0.4 is 5.73 Å². The molecule has 0 aromatic heterocycles. The van der Waals surface area contributed by atoms with E-state index in [1.807, 2.05) is 0 Å². The molecule has 0 bridgehead atoms. The second-order valence-electron chi connectivity index (χ2n) is 4.05. The fourth-order valence-electron chi connectivity index (χ4n) is 1.57. The van der Waals surface area contributed by atoms with Gasteiger partial charge in [-0.1, -0.05) is 25.1 Å². The highest BCUT2D eigenvalue weighted by molar-refractivity contribution is 5.21. The van der Waals surface area contributed by atoms with E-state index in [0.717, 1.165) is 6.07 Å². The number of hydrogen-bond donors (Lipinski definition) is 2. The smallest absolute Gasteiger partial charge is 0.368 e. The molecule has 6 heteroatoms. The molecule has 3 N–H and O–H groups in total. The van der Waals surface area contributed by atoms with Crippen LogP contribution in [-0.2, 0) is 0 Å². The third-order valence-electron chi connectivity index (χ3n) is 2.54. The van der Waals surface area contributed by atoms with Gasteiger partial charge in [-0.2, -0.15) is 13.2 Å². The number of nitrogens with two attached hydrogens (primary N) is 1. The molecule has 0 radical (unpaired) electrons. The molecule has 2 unspecified atom stereocenters. The van der Waals surface area contributed by atoms with Gasteiger partial charge in [0.1, 0.15) is 5.82 Å². The Hall–Kier alpha value is -1.14. The molecule has 0 spiro atoms. The van der Waals surface area contributed by atoms with E-state index in [0.29, 0.717) is 0 Å². The van der Waals surface area contributed by atoms with Crippen molar-refractivity contribution in [2.24, 2.45) is 5.73 Å². The van der Waals surface area contributed by atoms with Crippen molar-refractivity contribution in [2.45, 2.75) is 31.2 Å². The van der Waals surface area contributed by atoms with E-state index in [-0.39, 0.29) is 5.56 Å². The van der Waals surface area contributed by atoms with Crippen LogP contribution in [-0.4, -0.2) is 17.0 Å². The molecule has 17 heavy (non-hydrogen) atoms. The summed E-state index contributed by atoms with van der Waals surface area (Å²) in [6.45, 7) is 1.38. The largest absolute Gasteiger partial charge is 0.430 e. The Morgan fingerprint density at radius 2 is 1.82 bits per heavy atom. The van der Waals surface area contributed by atoms with Gasteiger partial charge in [0, 0.05) is 6.42 Å². The third-order valence-corrected chi connectivity index (χ3v) is 2.54. The molecule has 0 aliphatic carbocycles. The van der Waals surface area contributed by atoms with Crippen molar-refractivity contribution >= 4 is 0 Å². The van der Waals surface area contributed by atoms with E-state index in [2.05, 4.69) is 0 Å². The summed E-state index contributed by atoms with van der Waals surface area (Å²) < 4.78 is 50.3. The van der Waals surface area contributed by atoms with E-state index in [1.165, 1.54) is 25.1 Å². The summed E-state index contributed by atoms with van der Waals surface area (Å²) in [4.78, 5) is 0. The lowest BCUT2D eigenvalue weighted by molar-refractivity contribution is -0.261. The zero-order valence-electron chi connectivity index (χ0n) is 9.13. The number of rotatable bonds is 3. The van der Waals surface area contributed by atoms with E-state index >= 15 is 0 Å². The van der Waals surface area contributed by atoms with Gasteiger partial charge in [-0.3, -0.25) is 5.73 Å². The minimum absolute atomic E-state index is 0.0978. The number of halogens is 4. The second-order valence-corrected chi connectivity index (χ2v) is 4.05. The number of aliphatic hydroxyl groups is 1. The first kappa shape index (κ1) is 13.9. The van der Waals surface area contributed by atoms with Gasteiger partial charge in [-0.05, 0) is 17.5 Å². The van der Waals surface area contributed by atoms with Crippen LogP contribution in [0.25, 0.3) is 0 Å². The average Bonchev–Trinajstić information content (AvgIpc) is 2.15. The highest BCUT2D eigenvalue weighted by Gasteiger charge is 2.51. The number of benzene rings is 1.